The Balaban J connectivity index is 1.66. The van der Waals surface area contributed by atoms with Gasteiger partial charge in [-0.05, 0) is 36.8 Å². The average Bonchev–Trinajstić information content (AvgIpc) is 2.96. The largest absolute Gasteiger partial charge is 0.326 e. The van der Waals surface area contributed by atoms with Gasteiger partial charge in [-0.25, -0.2) is 4.98 Å². The maximum Gasteiger partial charge on any atom is 0.230 e. The number of amides is 1. The van der Waals surface area contributed by atoms with Crippen LogP contribution in [0.5, 0.6) is 0 Å². The first-order chi connectivity index (χ1) is 10.7. The van der Waals surface area contributed by atoms with Crippen LogP contribution in [0.3, 0.4) is 0 Å². The summed E-state index contributed by atoms with van der Waals surface area (Å²) in [7, 11) is 0. The molecule has 0 unspecified atom stereocenters. The number of hydrogen-bond donors (Lipinski definition) is 1. The number of aryl methyl sites for hydroxylation is 1. The van der Waals surface area contributed by atoms with Crippen molar-refractivity contribution in [2.24, 2.45) is 0 Å². The number of thiazole rings is 1. The Labute approximate surface area is 132 Å². The van der Waals surface area contributed by atoms with Crippen LogP contribution in [0.4, 0.5) is 5.69 Å². The number of aromatic nitrogens is 2. The van der Waals surface area contributed by atoms with Gasteiger partial charge in [0.25, 0.3) is 0 Å². The molecule has 0 spiro atoms. The maximum absolute atomic E-state index is 12.1. The molecule has 1 aromatic carbocycles. The van der Waals surface area contributed by atoms with Gasteiger partial charge in [-0.2, -0.15) is 0 Å². The van der Waals surface area contributed by atoms with E-state index in [0.717, 1.165) is 27.6 Å². The second-order valence-corrected chi connectivity index (χ2v) is 5.81. The minimum atomic E-state index is -0.0662. The Hall–Kier alpha value is -2.53. The third-order valence-corrected chi connectivity index (χ3v) is 3.99. The molecular formula is C17H15N3OS. The van der Waals surface area contributed by atoms with Crippen molar-refractivity contribution in [3.8, 4) is 10.7 Å². The fourth-order valence-electron chi connectivity index (χ4n) is 2.09. The summed E-state index contributed by atoms with van der Waals surface area (Å²) in [6.45, 7) is 2.00. The van der Waals surface area contributed by atoms with E-state index in [1.165, 1.54) is 11.3 Å². The van der Waals surface area contributed by atoms with Crippen LogP contribution in [-0.2, 0) is 11.2 Å². The number of carbonyl (C=O) groups is 1. The highest BCUT2D eigenvalue weighted by molar-refractivity contribution is 7.13. The average molecular weight is 309 g/mol. The molecule has 0 fully saturated rings. The lowest BCUT2D eigenvalue weighted by Gasteiger charge is -2.04. The molecule has 110 valence electrons. The maximum atomic E-state index is 12.1. The molecule has 0 aliphatic carbocycles. The molecule has 4 nitrogen and oxygen atoms in total. The summed E-state index contributed by atoms with van der Waals surface area (Å²) in [6.07, 6.45) is 2.00. The summed E-state index contributed by atoms with van der Waals surface area (Å²) >= 11 is 1.50. The Morgan fingerprint density at radius 1 is 1.23 bits per heavy atom. The van der Waals surface area contributed by atoms with Crippen LogP contribution >= 0.6 is 11.3 Å². The smallest absolute Gasteiger partial charge is 0.230 e. The molecule has 1 amide bonds. The second kappa shape index (κ2) is 6.49. The standard InChI is InChI=1S/C17H15N3OS/c1-12-5-4-6-13(9-12)19-16(21)10-14-11-22-17(20-14)15-7-2-3-8-18-15/h2-9,11H,10H2,1H3,(H,19,21). The van der Waals surface area contributed by atoms with Crippen LogP contribution in [0.25, 0.3) is 10.7 Å². The molecule has 2 aromatic heterocycles. The van der Waals surface area contributed by atoms with E-state index in [-0.39, 0.29) is 12.3 Å². The van der Waals surface area contributed by atoms with Gasteiger partial charge in [0.2, 0.25) is 5.91 Å². The van der Waals surface area contributed by atoms with Gasteiger partial charge in [0.05, 0.1) is 17.8 Å². The predicted molar refractivity (Wildman–Crippen MR) is 88.9 cm³/mol. The fraction of sp³-hybridized carbons (Fsp3) is 0.118. The zero-order valence-corrected chi connectivity index (χ0v) is 12.9. The van der Waals surface area contributed by atoms with Crippen molar-refractivity contribution >= 4 is 22.9 Å². The van der Waals surface area contributed by atoms with Gasteiger partial charge in [0, 0.05) is 17.3 Å². The Morgan fingerprint density at radius 2 is 2.14 bits per heavy atom. The zero-order valence-electron chi connectivity index (χ0n) is 12.1. The van der Waals surface area contributed by atoms with Crippen molar-refractivity contribution in [3.63, 3.8) is 0 Å². The van der Waals surface area contributed by atoms with E-state index in [2.05, 4.69) is 15.3 Å². The molecule has 0 bridgehead atoms. The summed E-state index contributed by atoms with van der Waals surface area (Å²) in [5.41, 5.74) is 3.52. The van der Waals surface area contributed by atoms with Crippen LogP contribution in [0.1, 0.15) is 11.3 Å². The van der Waals surface area contributed by atoms with Crippen LogP contribution in [0, 0.1) is 6.92 Å². The number of hydrogen-bond acceptors (Lipinski definition) is 4. The van der Waals surface area contributed by atoms with E-state index >= 15 is 0 Å². The van der Waals surface area contributed by atoms with E-state index in [0.29, 0.717) is 0 Å². The lowest BCUT2D eigenvalue weighted by Crippen LogP contribution is -2.14. The lowest BCUT2D eigenvalue weighted by molar-refractivity contribution is -0.115. The molecule has 0 atom stereocenters. The number of nitrogens with zero attached hydrogens (tertiary/aromatic N) is 2. The van der Waals surface area contributed by atoms with Crippen molar-refractivity contribution in [1.29, 1.82) is 0 Å². The molecule has 0 saturated heterocycles. The van der Waals surface area contributed by atoms with Gasteiger partial charge in [0.1, 0.15) is 5.01 Å². The number of rotatable bonds is 4. The predicted octanol–water partition coefficient (Wildman–Crippen LogP) is 3.69. The molecule has 0 aliphatic heterocycles. The number of nitrogens with one attached hydrogen (secondary N) is 1. The zero-order chi connectivity index (χ0) is 15.4. The van der Waals surface area contributed by atoms with E-state index in [4.69, 9.17) is 0 Å². The summed E-state index contributed by atoms with van der Waals surface area (Å²) in [6, 6.07) is 13.4. The lowest BCUT2D eigenvalue weighted by atomic mass is 10.2. The highest BCUT2D eigenvalue weighted by Crippen LogP contribution is 2.21. The Bertz CT molecular complexity index is 783. The summed E-state index contributed by atoms with van der Waals surface area (Å²) in [5.74, 6) is -0.0662. The first kappa shape index (κ1) is 14.4. The number of benzene rings is 1. The summed E-state index contributed by atoms with van der Waals surface area (Å²) in [5, 5.41) is 5.63. The number of pyridine rings is 1. The molecule has 0 saturated carbocycles. The van der Waals surface area contributed by atoms with Gasteiger partial charge in [-0.1, -0.05) is 18.2 Å². The molecule has 0 aliphatic rings. The number of carbonyl (C=O) groups excluding carboxylic acids is 1. The third kappa shape index (κ3) is 3.56. The minimum Gasteiger partial charge on any atom is -0.326 e. The molecule has 3 aromatic rings. The highest BCUT2D eigenvalue weighted by atomic mass is 32.1. The van der Waals surface area contributed by atoms with Crippen molar-refractivity contribution in [2.75, 3.05) is 5.32 Å². The highest BCUT2D eigenvalue weighted by Gasteiger charge is 2.10. The van der Waals surface area contributed by atoms with Crippen LogP contribution < -0.4 is 5.32 Å². The van der Waals surface area contributed by atoms with Crippen molar-refractivity contribution in [3.05, 3.63) is 65.3 Å². The molecule has 22 heavy (non-hydrogen) atoms. The SMILES string of the molecule is Cc1cccc(NC(=O)Cc2csc(-c3ccccn3)n2)c1. The van der Waals surface area contributed by atoms with Crippen LogP contribution in [0.2, 0.25) is 0 Å². The van der Waals surface area contributed by atoms with Gasteiger partial charge in [0.15, 0.2) is 0 Å². The Kier molecular flexibility index (Phi) is 4.25. The van der Waals surface area contributed by atoms with E-state index in [9.17, 15) is 4.79 Å². The van der Waals surface area contributed by atoms with Crippen LogP contribution in [0.15, 0.2) is 54.0 Å². The third-order valence-electron chi connectivity index (χ3n) is 3.08. The summed E-state index contributed by atoms with van der Waals surface area (Å²) in [4.78, 5) is 20.8. The first-order valence-corrected chi connectivity index (χ1v) is 7.81. The number of anilines is 1. The molecule has 2 heterocycles. The van der Waals surface area contributed by atoms with Crippen LogP contribution in [-0.4, -0.2) is 15.9 Å². The van der Waals surface area contributed by atoms with E-state index in [1.807, 2.05) is 54.8 Å². The van der Waals surface area contributed by atoms with Crippen molar-refractivity contribution in [1.82, 2.24) is 9.97 Å². The Morgan fingerprint density at radius 3 is 2.91 bits per heavy atom. The van der Waals surface area contributed by atoms with Crippen molar-refractivity contribution < 1.29 is 4.79 Å². The van der Waals surface area contributed by atoms with Gasteiger partial charge >= 0.3 is 0 Å². The monoisotopic (exact) mass is 309 g/mol. The quantitative estimate of drug-likeness (QED) is 0.799. The molecule has 5 heteroatoms. The normalized spacial score (nSPS) is 10.4. The van der Waals surface area contributed by atoms with Gasteiger partial charge in [-0.15, -0.1) is 11.3 Å². The van der Waals surface area contributed by atoms with E-state index < -0.39 is 0 Å². The second-order valence-electron chi connectivity index (χ2n) is 4.95. The van der Waals surface area contributed by atoms with E-state index in [1.54, 1.807) is 6.20 Å². The molecule has 0 radical (unpaired) electrons. The minimum absolute atomic E-state index is 0.0662. The first-order valence-electron chi connectivity index (χ1n) is 6.93. The van der Waals surface area contributed by atoms with Gasteiger partial charge < -0.3 is 5.32 Å². The molecule has 3 rings (SSSR count). The van der Waals surface area contributed by atoms with Gasteiger partial charge in [-0.3, -0.25) is 9.78 Å². The molecular weight excluding hydrogens is 294 g/mol. The fourth-order valence-corrected chi connectivity index (χ4v) is 2.88. The topological polar surface area (TPSA) is 54.9 Å². The molecule has 1 N–H and O–H groups in total. The van der Waals surface area contributed by atoms with Crippen molar-refractivity contribution in [2.45, 2.75) is 13.3 Å². The summed E-state index contributed by atoms with van der Waals surface area (Å²) < 4.78 is 0.